The highest BCUT2D eigenvalue weighted by atomic mass is 79.9. The lowest BCUT2D eigenvalue weighted by atomic mass is 10.0. The summed E-state index contributed by atoms with van der Waals surface area (Å²) in [6.45, 7) is 7.34. The van der Waals surface area contributed by atoms with Crippen LogP contribution in [0.25, 0.3) is 11.1 Å². The first-order chi connectivity index (χ1) is 54.2. The molecule has 115 heavy (non-hydrogen) atoms. The van der Waals surface area contributed by atoms with Crippen LogP contribution in [0.3, 0.4) is 0 Å². The average molecular weight is 1900 g/mol. The number of nitrogens with one attached hydrogen (secondary N) is 1. The predicted octanol–water partition coefficient (Wildman–Crippen LogP) is 15.5. The van der Waals surface area contributed by atoms with Gasteiger partial charge in [0.25, 0.3) is 0 Å². The number of anilines is 1. The summed E-state index contributed by atoms with van der Waals surface area (Å²) in [5, 5.41) is 47.2. The van der Waals surface area contributed by atoms with Crippen molar-refractivity contribution in [2.45, 2.75) is 65.1 Å². The molecule has 33 nitrogen and oxygen atoms in total. The van der Waals surface area contributed by atoms with Gasteiger partial charge in [0, 0.05) is 72.4 Å². The van der Waals surface area contributed by atoms with Crippen LogP contribution in [-0.4, -0.2) is 168 Å². The monoisotopic (exact) mass is 1890 g/mol. The molecule has 1 fully saturated rings. The van der Waals surface area contributed by atoms with Crippen LogP contribution in [0.15, 0.2) is 229 Å². The minimum atomic E-state index is -4.67. The van der Waals surface area contributed by atoms with Crippen molar-refractivity contribution in [3.8, 4) is 34.5 Å². The lowest BCUT2D eigenvalue weighted by molar-refractivity contribution is -0.385. The number of benzene rings is 5. The number of nitrogens with two attached hydrogens (primary N) is 3. The second kappa shape index (κ2) is 61.2. The number of carbonyl (C=O) groups excluding carboxylic acids is 2. The van der Waals surface area contributed by atoms with Gasteiger partial charge in [0.15, 0.2) is 0 Å². The van der Waals surface area contributed by atoms with E-state index in [1.807, 2.05) is 165 Å². The Kier molecular flexibility index (Phi) is 55.8. The molecular weight excluding hydrogens is 1800 g/mol. The molecule has 0 spiro atoms. The Morgan fingerprint density at radius 3 is 1.45 bits per heavy atom. The van der Waals surface area contributed by atoms with E-state index >= 15 is 0 Å². The van der Waals surface area contributed by atoms with E-state index in [1.54, 1.807) is 72.2 Å². The highest BCUT2D eigenvalue weighted by Gasteiger charge is 2.17. The second-order valence-corrected chi connectivity index (χ2v) is 26.7. The fourth-order valence-corrected chi connectivity index (χ4v) is 10.2. The largest absolute Gasteiger partial charge is 0.497 e. The molecule has 624 valence electrons. The topological polar surface area (TPSA) is 498 Å². The van der Waals surface area contributed by atoms with E-state index in [0.717, 1.165) is 64.5 Å². The van der Waals surface area contributed by atoms with E-state index in [9.17, 15) is 34.1 Å². The molecule has 9 aromatic rings. The van der Waals surface area contributed by atoms with Crippen LogP contribution in [-0.2, 0) is 48.6 Å². The number of aliphatic carboxylic acids is 3. The maximum Gasteiger partial charge on any atom is 0.394 e. The van der Waals surface area contributed by atoms with Crippen LogP contribution in [0, 0.1) is 10.1 Å². The molecule has 0 aliphatic carbocycles. The van der Waals surface area contributed by atoms with Crippen LogP contribution >= 0.6 is 75.3 Å². The number of nitrogen functional groups attached to an aromatic ring is 1. The van der Waals surface area contributed by atoms with E-state index in [1.165, 1.54) is 18.3 Å². The smallest absolute Gasteiger partial charge is 0.394 e. The third kappa shape index (κ3) is 49.9. The van der Waals surface area contributed by atoms with E-state index in [-0.39, 0.29) is 55.1 Å². The Morgan fingerprint density at radius 2 is 1.03 bits per heavy atom. The number of aromatic nitrogens is 4. The first-order valence-corrected chi connectivity index (χ1v) is 38.4. The molecule has 5 heterocycles. The molecule has 12 N–H and O–H groups in total. The first kappa shape index (κ1) is 105. The first-order valence-electron chi connectivity index (χ1n) is 33.4. The Balaban J connectivity index is 0.00000127. The van der Waals surface area contributed by atoms with Gasteiger partial charge in [0.2, 0.25) is 22.8 Å². The fraction of sp³-hybridized carbons (Fsp3) is 0.276. The Morgan fingerprint density at radius 1 is 0.591 bits per heavy atom. The fourth-order valence-electron chi connectivity index (χ4n) is 8.37. The van der Waals surface area contributed by atoms with Gasteiger partial charge in [-0.05, 0) is 140 Å². The van der Waals surface area contributed by atoms with Crippen molar-refractivity contribution in [2.24, 2.45) is 21.8 Å². The van der Waals surface area contributed by atoms with Crippen molar-refractivity contribution < 1.29 is 94.9 Å². The average Bonchev–Trinajstić information content (AvgIpc) is 0.852. The summed E-state index contributed by atoms with van der Waals surface area (Å²) in [6, 6.07) is 53.7. The molecule has 0 bridgehead atoms. The summed E-state index contributed by atoms with van der Waals surface area (Å²) in [5.41, 5.74) is 23.0. The number of esters is 2. The zero-order valence-corrected chi connectivity index (χ0v) is 70.6. The molecule has 0 saturated carbocycles. The van der Waals surface area contributed by atoms with Crippen LogP contribution < -0.4 is 41.5 Å². The lowest BCUT2D eigenvalue weighted by Gasteiger charge is -2.22. The minimum Gasteiger partial charge on any atom is -0.497 e. The van der Waals surface area contributed by atoms with Crippen molar-refractivity contribution in [3.05, 3.63) is 251 Å². The molecule has 0 amide bonds. The maximum atomic E-state index is 11.4. The van der Waals surface area contributed by atoms with Crippen molar-refractivity contribution in [2.75, 3.05) is 80.7 Å². The number of methoxy groups -OCH3 is 4. The minimum absolute atomic E-state index is 0. The van der Waals surface area contributed by atoms with E-state index < -0.39 is 45.7 Å². The Bertz CT molecular complexity index is 4460. The summed E-state index contributed by atoms with van der Waals surface area (Å²) in [6.07, 6.45) is 6.13. The summed E-state index contributed by atoms with van der Waals surface area (Å²) in [7, 11) is 3.57. The molecule has 3 atom stereocenters. The molecule has 3 unspecified atom stereocenters. The standard InChI is InChI=1S/C12H16BrNO2.C12H11NO.C11H14BrNO2.C10H14N4O2.C9H10BrNO2.C7H7BrO.C6H8N2O.C5H3ClN2O2.C3H4O4.CH4.H2O4S/c1-3-16-12(15)8-11(14-2)9-5-4-6-10(13)7-9;1-14-12-11(8-5-9-13-12)10-6-3-2-4-7-10;1-2-15-11(14)7-10(13)8-4-3-5-9(12)6-8;1-15-10-9(3-2-4-11-10)12-13-14-5-7-16-8-6-14;10-7-3-1-2-6(4-7)8(11)5-9(12)13;1-9-7-4-2-3-6(8)5-7;1-9-6-5(7)3-2-4-8-6;6-5-4(8(9)10)2-1-3-7-5;4-2(5)1-3(6)7;;1-5(2,3)4/h4-7,11,14H,3,8H2,1-2H3;2-9H,1H3;3-6,10H,2,7,13H2,1H3;2-4H,5-8H2,1H3;1-4,8H,5,11H2,(H,12,13);2-5H,1H3;2-4H,7H2,1H3;1-3H;1H2,(H,4,5)(H,6,7);1H4;(H2,1,2,3,4). The SMILES string of the molecule is C.CCOC(=O)CC(N)c1cccc(Br)c1.CCOC(=O)CC(NC)c1cccc(Br)c1.COc1cccc(Br)c1.COc1ncccc1-c1ccccc1.COc1ncccc1N.COc1ncccc1N=NN1CCOCC1.NC(CC(=O)O)c1cccc(Br)c1.O=C(O)CC(=O)O.O=S(=O)(O)O.O=[N+]([O-])c1cccnc1Cl. The van der Waals surface area contributed by atoms with Crippen LogP contribution in [0.2, 0.25) is 5.15 Å². The van der Waals surface area contributed by atoms with Gasteiger partial charge in [-0.25, -0.2) is 19.9 Å². The van der Waals surface area contributed by atoms with Gasteiger partial charge in [-0.15, -0.1) is 5.11 Å². The number of nitro groups is 1. The Hall–Kier alpha value is -10.2. The highest BCUT2D eigenvalue weighted by molar-refractivity contribution is 9.11. The molecular formula is C76H93Br4ClN12O21S. The van der Waals surface area contributed by atoms with Crippen LogP contribution in [0.5, 0.6) is 23.4 Å². The van der Waals surface area contributed by atoms with Gasteiger partial charge in [-0.1, -0.05) is 161 Å². The predicted molar refractivity (Wildman–Crippen MR) is 449 cm³/mol. The van der Waals surface area contributed by atoms with Crippen molar-refractivity contribution in [1.29, 1.82) is 0 Å². The number of halogens is 5. The molecule has 0 radical (unpaired) electrons. The molecule has 1 saturated heterocycles. The normalized spacial score (nSPS) is 11.4. The quantitative estimate of drug-likeness (QED) is 0.00579. The molecule has 1 aliphatic rings. The zero-order valence-electron chi connectivity index (χ0n) is 62.7. The second-order valence-electron chi connectivity index (χ2n) is 21.8. The van der Waals surface area contributed by atoms with Gasteiger partial charge in [0.05, 0.1) is 97.8 Å². The number of morpholine rings is 1. The molecule has 10 rings (SSSR count). The van der Waals surface area contributed by atoms with Crippen molar-refractivity contribution in [1.82, 2.24) is 30.3 Å². The van der Waals surface area contributed by atoms with Crippen LogP contribution in [0.4, 0.5) is 17.1 Å². The third-order valence-electron chi connectivity index (χ3n) is 13.4. The van der Waals surface area contributed by atoms with Crippen molar-refractivity contribution >= 4 is 133 Å². The Labute approximate surface area is 705 Å². The number of hydrogen-bond acceptors (Lipinski definition) is 26. The van der Waals surface area contributed by atoms with Crippen LogP contribution in [0.1, 0.15) is 81.8 Å². The van der Waals surface area contributed by atoms with E-state index in [4.69, 9.17) is 94.8 Å². The van der Waals surface area contributed by atoms with Gasteiger partial charge in [-0.2, -0.15) is 8.42 Å². The maximum absolute atomic E-state index is 11.4. The van der Waals surface area contributed by atoms with Gasteiger partial charge in [0.1, 0.15) is 17.9 Å². The summed E-state index contributed by atoms with van der Waals surface area (Å²) in [5.74, 6) is -1.43. The summed E-state index contributed by atoms with van der Waals surface area (Å²) < 4.78 is 70.5. The zero-order chi connectivity index (χ0) is 85.4. The third-order valence-corrected chi connectivity index (χ3v) is 15.7. The van der Waals surface area contributed by atoms with Gasteiger partial charge >= 0.3 is 45.9 Å². The number of carboxylic acids is 3. The number of pyridine rings is 4. The van der Waals surface area contributed by atoms with Crippen molar-refractivity contribution in [3.63, 3.8) is 0 Å². The number of carbonyl (C=O) groups is 5. The van der Waals surface area contributed by atoms with Gasteiger partial charge < -0.3 is 71.0 Å². The van der Waals surface area contributed by atoms with E-state index in [2.05, 4.69) is 99.3 Å². The lowest BCUT2D eigenvalue weighted by Crippen LogP contribution is -2.31. The molecule has 1 aliphatic heterocycles. The number of rotatable bonds is 22. The number of nitrogens with zero attached hydrogens (tertiary/aromatic N) is 8. The number of hydrogen-bond donors (Lipinski definition) is 9. The molecule has 5 aromatic carbocycles. The number of carboxylic acid groups (broad SMARTS) is 3. The summed E-state index contributed by atoms with van der Waals surface area (Å²) in [4.78, 5) is 76.9. The summed E-state index contributed by atoms with van der Waals surface area (Å²) >= 11 is 18.8. The van der Waals surface area contributed by atoms with Gasteiger partial charge in [-0.3, -0.25) is 48.2 Å². The molecule has 4 aromatic heterocycles. The highest BCUT2D eigenvalue weighted by Crippen LogP contribution is 2.28. The van der Waals surface area contributed by atoms with E-state index in [0.29, 0.717) is 61.9 Å². The number of ether oxygens (including phenoxy) is 7. The molecule has 39 heteroatoms.